The van der Waals surface area contributed by atoms with Gasteiger partial charge in [0.1, 0.15) is 0 Å². The number of amides is 1. The fraction of sp³-hybridized carbons (Fsp3) is 0.300. The number of hydrogen-bond acceptors (Lipinski definition) is 2. The highest BCUT2D eigenvalue weighted by molar-refractivity contribution is 5.97. The number of nitrogens with one attached hydrogen (secondary N) is 1. The van der Waals surface area contributed by atoms with E-state index in [1.54, 1.807) is 0 Å². The molecule has 0 aliphatic rings. The van der Waals surface area contributed by atoms with E-state index in [1.165, 1.54) is 0 Å². The lowest BCUT2D eigenvalue weighted by atomic mass is 9.96. The first-order valence-electron chi connectivity index (χ1n) is 8.24. The molecule has 4 heteroatoms. The summed E-state index contributed by atoms with van der Waals surface area (Å²) in [6.45, 7) is 2.53. The Morgan fingerprint density at radius 1 is 0.958 bits per heavy atom. The molecule has 2 N–H and O–H groups in total. The standard InChI is InChI=1S/C20H23NO3/c1-15-17(16-9-4-2-5-10-16)11-8-12-18(15)20(24)21-14-7-3-6-13-19(22)23/h2,4-5,8-12H,3,6-7,13-14H2,1H3,(H,21,24)(H,22,23). The molecule has 1 amide bonds. The van der Waals surface area contributed by atoms with Crippen molar-refractivity contribution in [2.24, 2.45) is 0 Å². The van der Waals surface area contributed by atoms with Gasteiger partial charge in [0, 0.05) is 18.5 Å². The molecule has 0 spiro atoms. The summed E-state index contributed by atoms with van der Waals surface area (Å²) in [6, 6.07) is 15.8. The lowest BCUT2D eigenvalue weighted by molar-refractivity contribution is -0.137. The van der Waals surface area contributed by atoms with E-state index in [0.717, 1.165) is 29.5 Å². The van der Waals surface area contributed by atoms with Gasteiger partial charge in [0.15, 0.2) is 0 Å². The molecule has 0 saturated heterocycles. The van der Waals surface area contributed by atoms with Crippen LogP contribution >= 0.6 is 0 Å². The number of carbonyl (C=O) groups is 2. The molecule has 0 atom stereocenters. The van der Waals surface area contributed by atoms with E-state index in [1.807, 2.05) is 55.5 Å². The van der Waals surface area contributed by atoms with Crippen molar-refractivity contribution in [1.82, 2.24) is 5.32 Å². The van der Waals surface area contributed by atoms with Gasteiger partial charge in [0.2, 0.25) is 0 Å². The van der Waals surface area contributed by atoms with Crippen molar-refractivity contribution in [3.63, 3.8) is 0 Å². The van der Waals surface area contributed by atoms with Gasteiger partial charge < -0.3 is 10.4 Å². The second kappa shape index (κ2) is 8.87. The molecule has 0 unspecified atom stereocenters. The molecule has 0 aromatic heterocycles. The Kier molecular flexibility index (Phi) is 6.55. The first-order chi connectivity index (χ1) is 11.6. The van der Waals surface area contributed by atoms with Crippen molar-refractivity contribution in [2.45, 2.75) is 32.6 Å². The molecule has 0 aliphatic heterocycles. The van der Waals surface area contributed by atoms with E-state index in [4.69, 9.17) is 5.11 Å². The molecule has 0 fully saturated rings. The van der Waals surface area contributed by atoms with Gasteiger partial charge >= 0.3 is 5.97 Å². The highest BCUT2D eigenvalue weighted by Gasteiger charge is 2.12. The van der Waals surface area contributed by atoms with Crippen molar-refractivity contribution in [3.05, 3.63) is 59.7 Å². The summed E-state index contributed by atoms with van der Waals surface area (Å²) in [5.41, 5.74) is 3.80. The van der Waals surface area contributed by atoms with E-state index in [9.17, 15) is 9.59 Å². The van der Waals surface area contributed by atoms with E-state index in [0.29, 0.717) is 18.5 Å². The summed E-state index contributed by atoms with van der Waals surface area (Å²) >= 11 is 0. The molecule has 0 radical (unpaired) electrons. The van der Waals surface area contributed by atoms with Crippen molar-refractivity contribution < 1.29 is 14.7 Å². The van der Waals surface area contributed by atoms with Gasteiger partial charge in [-0.25, -0.2) is 0 Å². The summed E-state index contributed by atoms with van der Waals surface area (Å²) in [4.78, 5) is 22.8. The maximum atomic E-state index is 12.4. The average molecular weight is 325 g/mol. The zero-order valence-corrected chi connectivity index (χ0v) is 13.9. The fourth-order valence-corrected chi connectivity index (χ4v) is 2.69. The smallest absolute Gasteiger partial charge is 0.303 e. The topological polar surface area (TPSA) is 66.4 Å². The number of carbonyl (C=O) groups excluding carboxylic acids is 1. The molecule has 0 aliphatic carbocycles. The highest BCUT2D eigenvalue weighted by atomic mass is 16.4. The molecule has 2 aromatic carbocycles. The Balaban J connectivity index is 1.94. The Labute approximate surface area is 142 Å². The summed E-state index contributed by atoms with van der Waals surface area (Å²) in [6.07, 6.45) is 2.42. The second-order valence-corrected chi connectivity index (χ2v) is 5.80. The van der Waals surface area contributed by atoms with E-state index in [-0.39, 0.29) is 12.3 Å². The van der Waals surface area contributed by atoms with Crippen LogP contribution in [0.1, 0.15) is 41.6 Å². The first kappa shape index (κ1) is 17.7. The minimum Gasteiger partial charge on any atom is -0.481 e. The van der Waals surface area contributed by atoms with Gasteiger partial charge in [-0.15, -0.1) is 0 Å². The van der Waals surface area contributed by atoms with Crippen molar-refractivity contribution in [2.75, 3.05) is 6.54 Å². The van der Waals surface area contributed by atoms with Crippen LogP contribution in [0.15, 0.2) is 48.5 Å². The maximum Gasteiger partial charge on any atom is 0.303 e. The number of aliphatic carboxylic acids is 1. The van der Waals surface area contributed by atoms with Crippen LogP contribution in [0, 0.1) is 6.92 Å². The second-order valence-electron chi connectivity index (χ2n) is 5.80. The predicted octanol–water partition coefficient (Wildman–Crippen LogP) is 4.04. The number of carboxylic acid groups (broad SMARTS) is 1. The van der Waals surface area contributed by atoms with E-state index in [2.05, 4.69) is 5.32 Å². The number of benzene rings is 2. The molecule has 0 saturated carbocycles. The molecule has 2 rings (SSSR count). The van der Waals surface area contributed by atoms with Crippen molar-refractivity contribution in [1.29, 1.82) is 0 Å². The minimum absolute atomic E-state index is 0.0801. The van der Waals surface area contributed by atoms with Crippen molar-refractivity contribution >= 4 is 11.9 Å². The summed E-state index contributed by atoms with van der Waals surface area (Å²) in [7, 11) is 0. The van der Waals surface area contributed by atoms with Gasteiger partial charge in [-0.05, 0) is 42.5 Å². The predicted molar refractivity (Wildman–Crippen MR) is 95.1 cm³/mol. The first-order valence-corrected chi connectivity index (χ1v) is 8.24. The summed E-state index contributed by atoms with van der Waals surface area (Å²) in [5, 5.41) is 11.5. The molecule has 126 valence electrons. The third-order valence-electron chi connectivity index (χ3n) is 4.02. The lowest BCUT2D eigenvalue weighted by Crippen LogP contribution is -2.25. The van der Waals surface area contributed by atoms with Gasteiger partial charge in [-0.3, -0.25) is 9.59 Å². The molecule has 2 aromatic rings. The zero-order valence-electron chi connectivity index (χ0n) is 13.9. The molecule has 4 nitrogen and oxygen atoms in total. The molecule has 24 heavy (non-hydrogen) atoms. The highest BCUT2D eigenvalue weighted by Crippen LogP contribution is 2.25. The van der Waals surface area contributed by atoms with E-state index >= 15 is 0 Å². The Morgan fingerprint density at radius 2 is 1.71 bits per heavy atom. The summed E-state index contributed by atoms with van der Waals surface area (Å²) < 4.78 is 0. The van der Waals surface area contributed by atoms with Crippen LogP contribution in [0.3, 0.4) is 0 Å². The third kappa shape index (κ3) is 4.95. The summed E-state index contributed by atoms with van der Waals surface area (Å²) in [5.74, 6) is -0.851. The van der Waals surface area contributed by atoms with Gasteiger partial charge in [0.05, 0.1) is 0 Å². The quantitative estimate of drug-likeness (QED) is 0.720. The van der Waals surface area contributed by atoms with Crippen LogP contribution < -0.4 is 5.32 Å². The van der Waals surface area contributed by atoms with Gasteiger partial charge in [0.25, 0.3) is 5.91 Å². The minimum atomic E-state index is -0.771. The molecular formula is C20H23NO3. The Hall–Kier alpha value is -2.62. The van der Waals surface area contributed by atoms with Crippen LogP contribution in [0.25, 0.3) is 11.1 Å². The van der Waals surface area contributed by atoms with Crippen molar-refractivity contribution in [3.8, 4) is 11.1 Å². The fourth-order valence-electron chi connectivity index (χ4n) is 2.69. The van der Waals surface area contributed by atoms with E-state index < -0.39 is 5.97 Å². The van der Waals surface area contributed by atoms with Crippen LogP contribution in [0.2, 0.25) is 0 Å². The van der Waals surface area contributed by atoms with Gasteiger partial charge in [-0.1, -0.05) is 48.9 Å². The zero-order chi connectivity index (χ0) is 17.4. The SMILES string of the molecule is Cc1c(C(=O)NCCCCCC(=O)O)cccc1-c1ccccc1. The largest absolute Gasteiger partial charge is 0.481 e. The number of unbranched alkanes of at least 4 members (excludes halogenated alkanes) is 2. The van der Waals surface area contributed by atoms with Crippen LogP contribution in [0.5, 0.6) is 0 Å². The maximum absolute atomic E-state index is 12.4. The van der Waals surface area contributed by atoms with Crippen LogP contribution in [-0.2, 0) is 4.79 Å². The lowest BCUT2D eigenvalue weighted by Gasteiger charge is -2.12. The Bertz CT molecular complexity index is 695. The monoisotopic (exact) mass is 325 g/mol. The average Bonchev–Trinajstić information content (AvgIpc) is 2.58. The number of carboxylic acids is 1. The number of hydrogen-bond donors (Lipinski definition) is 2. The number of rotatable bonds is 8. The Morgan fingerprint density at radius 3 is 2.42 bits per heavy atom. The molecular weight excluding hydrogens is 302 g/mol. The third-order valence-corrected chi connectivity index (χ3v) is 4.02. The molecule has 0 heterocycles. The normalized spacial score (nSPS) is 10.4. The van der Waals surface area contributed by atoms with Crippen LogP contribution in [0.4, 0.5) is 0 Å². The van der Waals surface area contributed by atoms with Gasteiger partial charge in [-0.2, -0.15) is 0 Å². The molecule has 0 bridgehead atoms. The van der Waals surface area contributed by atoms with Crippen LogP contribution in [-0.4, -0.2) is 23.5 Å².